The quantitative estimate of drug-likeness (QED) is 0.824. The second kappa shape index (κ2) is 5.80. The van der Waals surface area contributed by atoms with Crippen LogP contribution in [0.25, 0.3) is 0 Å². The van der Waals surface area contributed by atoms with Gasteiger partial charge in [-0.25, -0.2) is 0 Å². The van der Waals surface area contributed by atoms with E-state index in [9.17, 15) is 4.79 Å². The number of hydrogen-bond donors (Lipinski definition) is 1. The summed E-state index contributed by atoms with van der Waals surface area (Å²) in [6.45, 7) is 8.68. The highest BCUT2D eigenvalue weighted by Crippen LogP contribution is 2.09. The van der Waals surface area contributed by atoms with Crippen LogP contribution >= 0.6 is 0 Å². The van der Waals surface area contributed by atoms with Crippen LogP contribution in [0, 0.1) is 13.8 Å². The van der Waals surface area contributed by atoms with E-state index < -0.39 is 0 Å². The van der Waals surface area contributed by atoms with Crippen molar-refractivity contribution >= 4 is 5.78 Å². The molecule has 88 valence electrons. The lowest BCUT2D eigenvalue weighted by molar-refractivity contribution is -0.117. The SMILES string of the molecule is Cc1cc(C)cc(CC(=O)CNC(C)C)c1. The summed E-state index contributed by atoms with van der Waals surface area (Å²) in [5.74, 6) is 0.249. The molecule has 0 radical (unpaired) electrons. The smallest absolute Gasteiger partial charge is 0.150 e. The van der Waals surface area contributed by atoms with Crippen LogP contribution in [0.1, 0.15) is 30.5 Å². The van der Waals surface area contributed by atoms with E-state index in [4.69, 9.17) is 0 Å². The highest BCUT2D eigenvalue weighted by Gasteiger charge is 2.05. The zero-order valence-electron chi connectivity index (χ0n) is 10.6. The third-order valence-corrected chi connectivity index (χ3v) is 2.39. The Kier molecular flexibility index (Phi) is 4.69. The van der Waals surface area contributed by atoms with E-state index in [0.717, 1.165) is 5.56 Å². The number of nitrogens with one attached hydrogen (secondary N) is 1. The molecule has 0 atom stereocenters. The first-order valence-electron chi connectivity index (χ1n) is 5.79. The molecule has 0 saturated heterocycles. The Morgan fingerprint density at radius 2 is 1.75 bits per heavy atom. The minimum absolute atomic E-state index is 0.249. The number of benzene rings is 1. The predicted octanol–water partition coefficient (Wildman–Crippen LogP) is 2.41. The van der Waals surface area contributed by atoms with E-state index in [1.165, 1.54) is 11.1 Å². The number of rotatable bonds is 5. The van der Waals surface area contributed by atoms with Crippen LogP contribution in [0.4, 0.5) is 0 Å². The number of Topliss-reactive ketones (excluding diaryl/α,β-unsaturated/α-hetero) is 1. The minimum atomic E-state index is 0.249. The number of aryl methyl sites for hydroxylation is 2. The number of ketones is 1. The van der Waals surface area contributed by atoms with Crippen LogP contribution in [-0.2, 0) is 11.2 Å². The van der Waals surface area contributed by atoms with E-state index in [-0.39, 0.29) is 5.78 Å². The molecule has 2 heteroatoms. The molecule has 0 bridgehead atoms. The summed E-state index contributed by atoms with van der Waals surface area (Å²) in [6.07, 6.45) is 0.530. The minimum Gasteiger partial charge on any atom is -0.308 e. The van der Waals surface area contributed by atoms with Crippen molar-refractivity contribution in [2.45, 2.75) is 40.2 Å². The van der Waals surface area contributed by atoms with Crippen molar-refractivity contribution in [1.29, 1.82) is 0 Å². The zero-order valence-corrected chi connectivity index (χ0v) is 10.6. The Hall–Kier alpha value is -1.15. The second-order valence-corrected chi connectivity index (χ2v) is 4.75. The molecular formula is C14H21NO. The summed E-state index contributed by atoms with van der Waals surface area (Å²) >= 11 is 0. The molecule has 0 heterocycles. The Labute approximate surface area is 98.1 Å². The number of hydrogen-bond acceptors (Lipinski definition) is 2. The van der Waals surface area contributed by atoms with Crippen LogP contribution in [0.3, 0.4) is 0 Å². The van der Waals surface area contributed by atoms with Crippen molar-refractivity contribution in [3.05, 3.63) is 34.9 Å². The average molecular weight is 219 g/mol. The van der Waals surface area contributed by atoms with Gasteiger partial charge in [-0.1, -0.05) is 43.2 Å². The van der Waals surface area contributed by atoms with Crippen molar-refractivity contribution in [2.24, 2.45) is 0 Å². The van der Waals surface area contributed by atoms with Gasteiger partial charge in [0.1, 0.15) is 0 Å². The van der Waals surface area contributed by atoms with Gasteiger partial charge in [0.15, 0.2) is 5.78 Å². The molecular weight excluding hydrogens is 198 g/mol. The van der Waals surface area contributed by atoms with Crippen molar-refractivity contribution in [3.8, 4) is 0 Å². The maximum absolute atomic E-state index is 11.7. The molecule has 0 fully saturated rings. The molecule has 0 spiro atoms. The molecule has 1 N–H and O–H groups in total. The highest BCUT2D eigenvalue weighted by atomic mass is 16.1. The fourth-order valence-corrected chi connectivity index (χ4v) is 1.78. The van der Waals surface area contributed by atoms with Crippen molar-refractivity contribution < 1.29 is 4.79 Å². The van der Waals surface area contributed by atoms with Gasteiger partial charge in [-0.2, -0.15) is 0 Å². The van der Waals surface area contributed by atoms with Crippen molar-refractivity contribution in [1.82, 2.24) is 5.32 Å². The van der Waals surface area contributed by atoms with E-state index in [1.807, 2.05) is 13.8 Å². The van der Waals surface area contributed by atoms with Gasteiger partial charge in [0.25, 0.3) is 0 Å². The number of carbonyl (C=O) groups is 1. The topological polar surface area (TPSA) is 29.1 Å². The van der Waals surface area contributed by atoms with Gasteiger partial charge in [-0.3, -0.25) is 4.79 Å². The molecule has 16 heavy (non-hydrogen) atoms. The molecule has 1 aromatic rings. The van der Waals surface area contributed by atoms with Gasteiger partial charge in [-0.05, 0) is 19.4 Å². The fraction of sp³-hybridized carbons (Fsp3) is 0.500. The summed E-state index contributed by atoms with van der Waals surface area (Å²) in [5, 5.41) is 3.15. The standard InChI is InChI=1S/C14H21NO/c1-10(2)15-9-14(16)8-13-6-11(3)5-12(4)7-13/h5-7,10,15H,8-9H2,1-4H3. The third kappa shape index (κ3) is 4.58. The summed E-state index contributed by atoms with van der Waals surface area (Å²) in [4.78, 5) is 11.7. The van der Waals surface area contributed by atoms with Crippen LogP contribution in [0.5, 0.6) is 0 Å². The molecule has 0 aromatic heterocycles. The van der Waals surface area contributed by atoms with E-state index in [1.54, 1.807) is 0 Å². The summed E-state index contributed by atoms with van der Waals surface area (Å²) in [6, 6.07) is 6.66. The summed E-state index contributed by atoms with van der Waals surface area (Å²) in [5.41, 5.74) is 3.56. The van der Waals surface area contributed by atoms with Crippen molar-refractivity contribution in [3.63, 3.8) is 0 Å². The third-order valence-electron chi connectivity index (χ3n) is 2.39. The van der Waals surface area contributed by atoms with E-state index >= 15 is 0 Å². The molecule has 0 aliphatic carbocycles. The highest BCUT2D eigenvalue weighted by molar-refractivity contribution is 5.82. The predicted molar refractivity (Wildman–Crippen MR) is 67.8 cm³/mol. The Morgan fingerprint density at radius 1 is 1.19 bits per heavy atom. The first-order chi connectivity index (χ1) is 7.47. The first kappa shape index (κ1) is 12.9. The van der Waals surface area contributed by atoms with Crippen LogP contribution < -0.4 is 5.32 Å². The van der Waals surface area contributed by atoms with Gasteiger partial charge in [0.2, 0.25) is 0 Å². The van der Waals surface area contributed by atoms with Gasteiger partial charge in [-0.15, -0.1) is 0 Å². The fourth-order valence-electron chi connectivity index (χ4n) is 1.78. The van der Waals surface area contributed by atoms with Gasteiger partial charge >= 0.3 is 0 Å². The summed E-state index contributed by atoms with van der Waals surface area (Å²) < 4.78 is 0. The normalized spacial score (nSPS) is 10.8. The largest absolute Gasteiger partial charge is 0.308 e. The lowest BCUT2D eigenvalue weighted by Gasteiger charge is -2.08. The first-order valence-corrected chi connectivity index (χ1v) is 5.79. The molecule has 0 unspecified atom stereocenters. The Bertz CT molecular complexity index is 349. The summed E-state index contributed by atoms with van der Waals surface area (Å²) in [7, 11) is 0. The van der Waals surface area contributed by atoms with Crippen LogP contribution in [-0.4, -0.2) is 18.4 Å². The van der Waals surface area contributed by atoms with Gasteiger partial charge < -0.3 is 5.32 Å². The second-order valence-electron chi connectivity index (χ2n) is 4.75. The molecule has 1 rings (SSSR count). The molecule has 0 aliphatic heterocycles. The van der Waals surface area contributed by atoms with Crippen LogP contribution in [0.2, 0.25) is 0 Å². The monoisotopic (exact) mass is 219 g/mol. The van der Waals surface area contributed by atoms with Gasteiger partial charge in [0.05, 0.1) is 6.54 Å². The maximum Gasteiger partial charge on any atom is 0.150 e. The molecule has 2 nitrogen and oxygen atoms in total. The molecule has 0 amide bonds. The van der Waals surface area contributed by atoms with E-state index in [2.05, 4.69) is 37.4 Å². The maximum atomic E-state index is 11.7. The molecule has 0 saturated carbocycles. The van der Waals surface area contributed by atoms with E-state index in [0.29, 0.717) is 19.0 Å². The average Bonchev–Trinajstić information content (AvgIpc) is 2.12. The molecule has 1 aromatic carbocycles. The van der Waals surface area contributed by atoms with Crippen LogP contribution in [0.15, 0.2) is 18.2 Å². The Balaban J connectivity index is 2.56. The number of carbonyl (C=O) groups excluding carboxylic acids is 1. The lowest BCUT2D eigenvalue weighted by Crippen LogP contribution is -2.29. The van der Waals surface area contributed by atoms with Gasteiger partial charge in [0, 0.05) is 12.5 Å². The zero-order chi connectivity index (χ0) is 12.1. The van der Waals surface area contributed by atoms with Crippen molar-refractivity contribution in [2.75, 3.05) is 6.54 Å². The lowest BCUT2D eigenvalue weighted by atomic mass is 10.0. The molecule has 0 aliphatic rings. The Morgan fingerprint density at radius 3 is 2.25 bits per heavy atom.